The van der Waals surface area contributed by atoms with E-state index >= 15 is 0 Å². The van der Waals surface area contributed by atoms with Gasteiger partial charge in [-0.25, -0.2) is 0 Å². The number of carboxylic acids is 1. The highest BCUT2D eigenvalue weighted by atomic mass is 16.5. The highest BCUT2D eigenvalue weighted by molar-refractivity contribution is 5.82. The molecule has 0 bridgehead atoms. The van der Waals surface area contributed by atoms with E-state index in [2.05, 4.69) is 25.6 Å². The number of hydrazone groups is 1. The van der Waals surface area contributed by atoms with E-state index in [1.54, 1.807) is 0 Å². The molecule has 8 nitrogen and oxygen atoms in total. The zero-order valence-electron chi connectivity index (χ0n) is 12.7. The molecule has 0 saturated carbocycles. The molecule has 0 amide bonds. The van der Waals surface area contributed by atoms with Gasteiger partial charge in [0.25, 0.3) is 0 Å². The molecule has 2 rings (SSSR count). The minimum atomic E-state index is -0.787. The first-order valence-corrected chi connectivity index (χ1v) is 7.32. The lowest BCUT2D eigenvalue weighted by Gasteiger charge is -2.27. The van der Waals surface area contributed by atoms with Gasteiger partial charge in [-0.2, -0.15) is 5.10 Å². The molecule has 0 unspecified atom stereocenters. The van der Waals surface area contributed by atoms with Gasteiger partial charge in [0.15, 0.2) is 11.6 Å². The van der Waals surface area contributed by atoms with Crippen LogP contribution in [-0.4, -0.2) is 53.3 Å². The Balaban J connectivity index is 1.81. The van der Waals surface area contributed by atoms with Gasteiger partial charge in [0.1, 0.15) is 0 Å². The standard InChI is InChI=1S/C14H21N5O3/c1-11(3-2-4-14(20)21)15-16-12-5-6-13(18-17-12)19-7-9-22-10-8-19/h5-6H,2-4,7-10H2,1H3,(H,16,17)(H,20,21)/b15-11+. The molecule has 2 heterocycles. The number of morpholine rings is 1. The van der Waals surface area contributed by atoms with Crippen LogP contribution >= 0.6 is 0 Å². The zero-order chi connectivity index (χ0) is 15.8. The van der Waals surface area contributed by atoms with E-state index in [1.165, 1.54) is 0 Å². The molecule has 1 aromatic rings. The quantitative estimate of drug-likeness (QED) is 0.579. The van der Waals surface area contributed by atoms with Gasteiger partial charge in [0, 0.05) is 25.2 Å². The van der Waals surface area contributed by atoms with Crippen LogP contribution in [0.3, 0.4) is 0 Å². The maximum atomic E-state index is 10.4. The average molecular weight is 307 g/mol. The molecule has 0 aromatic carbocycles. The maximum Gasteiger partial charge on any atom is 0.303 e. The van der Waals surface area contributed by atoms with Crippen LogP contribution in [0.25, 0.3) is 0 Å². The van der Waals surface area contributed by atoms with Gasteiger partial charge in [0.05, 0.1) is 13.2 Å². The Labute approximate surface area is 129 Å². The molecule has 1 aromatic heterocycles. The van der Waals surface area contributed by atoms with Crippen LogP contribution in [0.4, 0.5) is 11.6 Å². The summed E-state index contributed by atoms with van der Waals surface area (Å²) in [5.74, 6) is 0.607. The molecule has 1 aliphatic heterocycles. The lowest BCUT2D eigenvalue weighted by molar-refractivity contribution is -0.137. The molecule has 1 aliphatic rings. The molecule has 22 heavy (non-hydrogen) atoms. The van der Waals surface area contributed by atoms with Crippen molar-refractivity contribution in [3.05, 3.63) is 12.1 Å². The van der Waals surface area contributed by atoms with Crippen molar-refractivity contribution in [3.63, 3.8) is 0 Å². The number of aromatic nitrogens is 2. The minimum absolute atomic E-state index is 0.154. The van der Waals surface area contributed by atoms with Crippen LogP contribution in [0.5, 0.6) is 0 Å². The molecule has 1 saturated heterocycles. The summed E-state index contributed by atoms with van der Waals surface area (Å²) in [4.78, 5) is 12.6. The molecule has 0 aliphatic carbocycles. The van der Waals surface area contributed by atoms with E-state index in [9.17, 15) is 4.79 Å². The lowest BCUT2D eigenvalue weighted by Crippen LogP contribution is -2.36. The van der Waals surface area contributed by atoms with Gasteiger partial charge in [0.2, 0.25) is 0 Å². The van der Waals surface area contributed by atoms with Crippen molar-refractivity contribution in [2.45, 2.75) is 26.2 Å². The Morgan fingerprint density at radius 3 is 2.77 bits per heavy atom. The predicted octanol–water partition coefficient (Wildman–Crippen LogP) is 1.36. The fraction of sp³-hybridized carbons (Fsp3) is 0.571. The Kier molecular flexibility index (Phi) is 6.08. The maximum absolute atomic E-state index is 10.4. The molecule has 1 fully saturated rings. The first-order valence-electron chi connectivity index (χ1n) is 7.32. The third-order valence-electron chi connectivity index (χ3n) is 3.28. The fourth-order valence-electron chi connectivity index (χ4n) is 2.05. The predicted molar refractivity (Wildman–Crippen MR) is 83.3 cm³/mol. The van der Waals surface area contributed by atoms with Gasteiger partial charge in [-0.15, -0.1) is 10.2 Å². The summed E-state index contributed by atoms with van der Waals surface area (Å²) in [7, 11) is 0. The molecule has 0 radical (unpaired) electrons. The topological polar surface area (TPSA) is 99.9 Å². The van der Waals surface area contributed by atoms with Crippen molar-refractivity contribution in [1.82, 2.24) is 10.2 Å². The van der Waals surface area contributed by atoms with E-state index in [4.69, 9.17) is 9.84 Å². The van der Waals surface area contributed by atoms with E-state index in [1.807, 2.05) is 19.1 Å². The van der Waals surface area contributed by atoms with Gasteiger partial charge in [-0.1, -0.05) is 0 Å². The number of carbonyl (C=O) groups is 1. The van der Waals surface area contributed by atoms with Crippen molar-refractivity contribution in [3.8, 4) is 0 Å². The van der Waals surface area contributed by atoms with Crippen LogP contribution in [0.1, 0.15) is 26.2 Å². The third kappa shape index (κ3) is 5.28. The normalized spacial score (nSPS) is 15.7. The second kappa shape index (κ2) is 8.28. The third-order valence-corrected chi connectivity index (χ3v) is 3.28. The van der Waals surface area contributed by atoms with Crippen molar-refractivity contribution in [1.29, 1.82) is 0 Å². The second-order valence-electron chi connectivity index (χ2n) is 5.08. The van der Waals surface area contributed by atoms with Crippen molar-refractivity contribution >= 4 is 23.3 Å². The second-order valence-corrected chi connectivity index (χ2v) is 5.08. The number of nitrogens with one attached hydrogen (secondary N) is 1. The molecule has 0 spiro atoms. The minimum Gasteiger partial charge on any atom is -0.481 e. The van der Waals surface area contributed by atoms with Crippen LogP contribution in [-0.2, 0) is 9.53 Å². The average Bonchev–Trinajstić information content (AvgIpc) is 2.54. The highest BCUT2D eigenvalue weighted by Gasteiger charge is 2.12. The zero-order valence-corrected chi connectivity index (χ0v) is 12.7. The Hall–Kier alpha value is -2.22. The van der Waals surface area contributed by atoms with Crippen molar-refractivity contribution in [2.75, 3.05) is 36.6 Å². The summed E-state index contributed by atoms with van der Waals surface area (Å²) in [6.07, 6.45) is 1.37. The van der Waals surface area contributed by atoms with E-state index in [0.29, 0.717) is 31.9 Å². The van der Waals surface area contributed by atoms with Gasteiger partial charge >= 0.3 is 5.97 Å². The van der Waals surface area contributed by atoms with Crippen LogP contribution in [0, 0.1) is 0 Å². The number of hydrogen-bond donors (Lipinski definition) is 2. The molecular weight excluding hydrogens is 286 g/mol. The first-order chi connectivity index (χ1) is 10.6. The summed E-state index contributed by atoms with van der Waals surface area (Å²) in [6.45, 7) is 4.91. The van der Waals surface area contributed by atoms with Crippen LogP contribution < -0.4 is 10.3 Å². The van der Waals surface area contributed by atoms with E-state index in [-0.39, 0.29) is 6.42 Å². The van der Waals surface area contributed by atoms with Gasteiger partial charge in [-0.05, 0) is 31.9 Å². The summed E-state index contributed by atoms with van der Waals surface area (Å²) < 4.78 is 5.30. The number of aliphatic carboxylic acids is 1. The number of nitrogens with zero attached hydrogens (tertiary/aromatic N) is 4. The summed E-state index contributed by atoms with van der Waals surface area (Å²) >= 11 is 0. The number of rotatable bonds is 7. The molecule has 120 valence electrons. The first kappa shape index (κ1) is 16.2. The fourth-order valence-corrected chi connectivity index (χ4v) is 2.05. The Morgan fingerprint density at radius 2 is 2.14 bits per heavy atom. The van der Waals surface area contributed by atoms with Gasteiger partial charge < -0.3 is 14.7 Å². The number of hydrogen-bond acceptors (Lipinski definition) is 7. The highest BCUT2D eigenvalue weighted by Crippen LogP contribution is 2.13. The Morgan fingerprint density at radius 1 is 1.36 bits per heavy atom. The molecule has 0 atom stereocenters. The summed E-state index contributed by atoms with van der Waals surface area (Å²) in [5, 5.41) is 21.0. The van der Waals surface area contributed by atoms with E-state index < -0.39 is 5.97 Å². The largest absolute Gasteiger partial charge is 0.481 e. The Bertz CT molecular complexity index is 512. The smallest absolute Gasteiger partial charge is 0.303 e. The molecule has 2 N–H and O–H groups in total. The van der Waals surface area contributed by atoms with Crippen molar-refractivity contribution < 1.29 is 14.6 Å². The van der Waals surface area contributed by atoms with Crippen LogP contribution in [0.2, 0.25) is 0 Å². The summed E-state index contributed by atoms with van der Waals surface area (Å²) in [5.41, 5.74) is 3.67. The number of anilines is 2. The number of ether oxygens (including phenoxy) is 1. The molecular formula is C14H21N5O3. The summed E-state index contributed by atoms with van der Waals surface area (Å²) in [6, 6.07) is 3.72. The van der Waals surface area contributed by atoms with Crippen LogP contribution in [0.15, 0.2) is 17.2 Å². The SMILES string of the molecule is C/C(CCCC(=O)O)=N\Nc1ccc(N2CCOCC2)nn1. The van der Waals surface area contributed by atoms with Gasteiger partial charge in [-0.3, -0.25) is 10.2 Å². The molecule has 8 heteroatoms. The number of carboxylic acid groups (broad SMARTS) is 1. The van der Waals surface area contributed by atoms with E-state index in [0.717, 1.165) is 24.6 Å². The monoisotopic (exact) mass is 307 g/mol. The lowest BCUT2D eigenvalue weighted by atomic mass is 10.2. The van der Waals surface area contributed by atoms with Crippen molar-refractivity contribution in [2.24, 2.45) is 5.10 Å².